The summed E-state index contributed by atoms with van der Waals surface area (Å²) >= 11 is 0. The van der Waals surface area contributed by atoms with Gasteiger partial charge in [-0.25, -0.2) is 0 Å². The Kier molecular flexibility index (Phi) is 4.15. The van der Waals surface area contributed by atoms with Crippen molar-refractivity contribution in [2.24, 2.45) is 0 Å². The molecule has 90 valence electrons. The van der Waals surface area contributed by atoms with Crippen molar-refractivity contribution in [3.63, 3.8) is 0 Å². The predicted molar refractivity (Wildman–Crippen MR) is 75.2 cm³/mol. The standard InChI is InChI=1S/C17H17N/c1-2-3-8-14-9-4-6-11-16(14)17-12-7-5-10-15(17)13-18/h4-7,9-12H,2-3,8H2,1H3. The molecule has 18 heavy (non-hydrogen) atoms. The van der Waals surface area contributed by atoms with E-state index in [0.717, 1.165) is 17.5 Å². The van der Waals surface area contributed by atoms with Gasteiger partial charge in [0.15, 0.2) is 0 Å². The minimum absolute atomic E-state index is 0.751. The van der Waals surface area contributed by atoms with Crippen LogP contribution in [0.15, 0.2) is 48.5 Å². The van der Waals surface area contributed by atoms with Gasteiger partial charge < -0.3 is 0 Å². The highest BCUT2D eigenvalue weighted by Gasteiger charge is 2.07. The van der Waals surface area contributed by atoms with Gasteiger partial charge in [-0.05, 0) is 35.6 Å². The molecular formula is C17H17N. The third-order valence-corrected chi connectivity index (χ3v) is 3.15. The summed E-state index contributed by atoms with van der Waals surface area (Å²) in [4.78, 5) is 0. The van der Waals surface area contributed by atoms with Crippen LogP contribution in [0.5, 0.6) is 0 Å². The number of benzene rings is 2. The summed E-state index contributed by atoms with van der Waals surface area (Å²) in [6.07, 6.45) is 3.45. The fraction of sp³-hybridized carbons (Fsp3) is 0.235. The summed E-state index contributed by atoms with van der Waals surface area (Å²) in [5.41, 5.74) is 4.33. The van der Waals surface area contributed by atoms with Gasteiger partial charge in [-0.15, -0.1) is 0 Å². The predicted octanol–water partition coefficient (Wildman–Crippen LogP) is 4.57. The summed E-state index contributed by atoms with van der Waals surface area (Å²) in [5.74, 6) is 0. The first-order valence-corrected chi connectivity index (χ1v) is 6.44. The number of aryl methyl sites for hydroxylation is 1. The maximum absolute atomic E-state index is 9.20. The number of unbranched alkanes of at least 4 members (excludes halogenated alkanes) is 1. The van der Waals surface area contributed by atoms with Crippen LogP contribution in [-0.4, -0.2) is 0 Å². The second-order valence-corrected chi connectivity index (χ2v) is 4.42. The molecule has 0 aliphatic heterocycles. The molecule has 0 aromatic heterocycles. The van der Waals surface area contributed by atoms with Crippen LogP contribution in [0.25, 0.3) is 11.1 Å². The van der Waals surface area contributed by atoms with Crippen LogP contribution < -0.4 is 0 Å². The molecule has 0 spiro atoms. The maximum atomic E-state index is 9.20. The number of nitriles is 1. The highest BCUT2D eigenvalue weighted by atomic mass is 14.2. The third kappa shape index (κ3) is 2.60. The van der Waals surface area contributed by atoms with E-state index in [1.165, 1.54) is 24.0 Å². The lowest BCUT2D eigenvalue weighted by Crippen LogP contribution is -1.92. The Morgan fingerprint density at radius 1 is 0.944 bits per heavy atom. The molecular weight excluding hydrogens is 218 g/mol. The molecule has 1 nitrogen and oxygen atoms in total. The summed E-state index contributed by atoms with van der Waals surface area (Å²) in [6, 6.07) is 18.5. The lowest BCUT2D eigenvalue weighted by molar-refractivity contribution is 0.796. The monoisotopic (exact) mass is 235 g/mol. The van der Waals surface area contributed by atoms with Crippen molar-refractivity contribution in [3.8, 4) is 17.2 Å². The van der Waals surface area contributed by atoms with Gasteiger partial charge in [-0.3, -0.25) is 0 Å². The Balaban J connectivity index is 2.47. The number of rotatable bonds is 4. The van der Waals surface area contributed by atoms with E-state index in [9.17, 15) is 5.26 Å². The highest BCUT2D eigenvalue weighted by Crippen LogP contribution is 2.27. The maximum Gasteiger partial charge on any atom is 0.0998 e. The van der Waals surface area contributed by atoms with Gasteiger partial charge in [0.05, 0.1) is 11.6 Å². The number of hydrogen-bond donors (Lipinski definition) is 0. The second-order valence-electron chi connectivity index (χ2n) is 4.42. The largest absolute Gasteiger partial charge is 0.192 e. The Bertz CT molecular complexity index is 564. The molecule has 0 aliphatic carbocycles. The minimum atomic E-state index is 0.751. The van der Waals surface area contributed by atoms with Crippen molar-refractivity contribution < 1.29 is 0 Å². The zero-order valence-electron chi connectivity index (χ0n) is 10.7. The highest BCUT2D eigenvalue weighted by molar-refractivity contribution is 5.73. The first kappa shape index (κ1) is 12.4. The average Bonchev–Trinajstić information content (AvgIpc) is 2.45. The molecule has 0 aliphatic rings. The van der Waals surface area contributed by atoms with Gasteiger partial charge in [0, 0.05) is 0 Å². The molecule has 2 aromatic rings. The second kappa shape index (κ2) is 6.02. The summed E-state index contributed by atoms with van der Waals surface area (Å²) in [7, 11) is 0. The van der Waals surface area contributed by atoms with Gasteiger partial charge in [-0.2, -0.15) is 5.26 Å². The van der Waals surface area contributed by atoms with E-state index < -0.39 is 0 Å². The van der Waals surface area contributed by atoms with Gasteiger partial charge in [0.1, 0.15) is 0 Å². The molecule has 0 radical (unpaired) electrons. The quantitative estimate of drug-likeness (QED) is 0.761. The van der Waals surface area contributed by atoms with Crippen LogP contribution in [0.1, 0.15) is 30.9 Å². The molecule has 0 atom stereocenters. The molecule has 0 N–H and O–H groups in total. The zero-order chi connectivity index (χ0) is 12.8. The molecule has 2 aromatic carbocycles. The van der Waals surface area contributed by atoms with Crippen LogP contribution in [0, 0.1) is 11.3 Å². The molecule has 0 fully saturated rings. The first-order chi connectivity index (χ1) is 8.86. The molecule has 0 heterocycles. The fourth-order valence-electron chi connectivity index (χ4n) is 2.18. The minimum Gasteiger partial charge on any atom is -0.192 e. The van der Waals surface area contributed by atoms with E-state index >= 15 is 0 Å². The first-order valence-electron chi connectivity index (χ1n) is 6.44. The Morgan fingerprint density at radius 3 is 2.33 bits per heavy atom. The van der Waals surface area contributed by atoms with E-state index in [2.05, 4.69) is 31.2 Å². The van der Waals surface area contributed by atoms with Crippen molar-refractivity contribution in [3.05, 3.63) is 59.7 Å². The van der Waals surface area contributed by atoms with Crippen molar-refractivity contribution in [2.75, 3.05) is 0 Å². The van der Waals surface area contributed by atoms with E-state index in [-0.39, 0.29) is 0 Å². The average molecular weight is 235 g/mol. The van der Waals surface area contributed by atoms with Gasteiger partial charge >= 0.3 is 0 Å². The van der Waals surface area contributed by atoms with Crippen molar-refractivity contribution in [2.45, 2.75) is 26.2 Å². The Labute approximate surface area is 109 Å². The SMILES string of the molecule is CCCCc1ccccc1-c1ccccc1C#N. The summed E-state index contributed by atoms with van der Waals surface area (Å²) in [6.45, 7) is 2.20. The van der Waals surface area contributed by atoms with Crippen LogP contribution in [0.4, 0.5) is 0 Å². The van der Waals surface area contributed by atoms with Gasteiger partial charge in [0.2, 0.25) is 0 Å². The lowest BCUT2D eigenvalue weighted by Gasteiger charge is -2.10. The van der Waals surface area contributed by atoms with E-state index in [1.54, 1.807) is 0 Å². The topological polar surface area (TPSA) is 23.8 Å². The molecule has 0 saturated carbocycles. The van der Waals surface area contributed by atoms with Crippen LogP contribution >= 0.6 is 0 Å². The zero-order valence-corrected chi connectivity index (χ0v) is 10.7. The number of hydrogen-bond acceptors (Lipinski definition) is 1. The molecule has 0 bridgehead atoms. The third-order valence-electron chi connectivity index (χ3n) is 3.15. The van der Waals surface area contributed by atoms with Crippen molar-refractivity contribution in [1.29, 1.82) is 5.26 Å². The molecule has 0 saturated heterocycles. The van der Waals surface area contributed by atoms with E-state index in [0.29, 0.717) is 0 Å². The summed E-state index contributed by atoms with van der Waals surface area (Å²) < 4.78 is 0. The lowest BCUT2D eigenvalue weighted by atomic mass is 9.93. The van der Waals surface area contributed by atoms with E-state index in [1.807, 2.05) is 30.3 Å². The van der Waals surface area contributed by atoms with Crippen molar-refractivity contribution in [1.82, 2.24) is 0 Å². The fourth-order valence-corrected chi connectivity index (χ4v) is 2.18. The summed E-state index contributed by atoms with van der Waals surface area (Å²) in [5, 5.41) is 9.20. The van der Waals surface area contributed by atoms with E-state index in [4.69, 9.17) is 0 Å². The molecule has 2 rings (SSSR count). The molecule has 0 unspecified atom stereocenters. The van der Waals surface area contributed by atoms with Crippen LogP contribution in [0.2, 0.25) is 0 Å². The van der Waals surface area contributed by atoms with Gasteiger partial charge in [-0.1, -0.05) is 55.8 Å². The Morgan fingerprint density at radius 2 is 1.61 bits per heavy atom. The van der Waals surface area contributed by atoms with Crippen LogP contribution in [-0.2, 0) is 6.42 Å². The van der Waals surface area contributed by atoms with Crippen molar-refractivity contribution >= 4 is 0 Å². The Hall–Kier alpha value is -2.07. The van der Waals surface area contributed by atoms with Crippen LogP contribution in [0.3, 0.4) is 0 Å². The molecule has 0 amide bonds. The molecule has 1 heteroatoms. The van der Waals surface area contributed by atoms with Gasteiger partial charge in [0.25, 0.3) is 0 Å². The smallest absolute Gasteiger partial charge is 0.0998 e. The number of nitrogens with zero attached hydrogens (tertiary/aromatic N) is 1. The normalized spacial score (nSPS) is 10.0.